The van der Waals surface area contributed by atoms with E-state index in [9.17, 15) is 24.6 Å². The Balaban J connectivity index is 0.924. The number of amides is 3. The molecule has 6 N–H and O–H groups in total. The number of aromatic hydroxyl groups is 1. The van der Waals surface area contributed by atoms with Crippen molar-refractivity contribution in [3.05, 3.63) is 83.8 Å². The average molecular weight is 840 g/mol. The number of phenolic OH excluding ortho intramolecular Hbond substituents is 1. The molecule has 0 spiro atoms. The van der Waals surface area contributed by atoms with E-state index in [2.05, 4.69) is 30.9 Å². The second kappa shape index (κ2) is 19.5. The fraction of sp³-hybridized carbons (Fsp3) is 0.419. The van der Waals surface area contributed by atoms with Gasteiger partial charge in [-0.1, -0.05) is 57.2 Å². The van der Waals surface area contributed by atoms with E-state index in [1.54, 1.807) is 52.5 Å². The van der Waals surface area contributed by atoms with Crippen molar-refractivity contribution < 1.29 is 34.1 Å². The number of aliphatic hydroxyl groups is 1. The van der Waals surface area contributed by atoms with Gasteiger partial charge in [-0.05, 0) is 48.6 Å². The lowest BCUT2D eigenvalue weighted by molar-refractivity contribution is -0.144. The molecule has 1 fully saturated rings. The standard InChI is InChI=1S/C43H53N9O7S/c1-26(28-10-12-29(13-11-28)38-27(2)45-25-60-38)47-41(56)35-20-31(53)24-52(35)42(57)39(43(3,4)5)48-37(55)14-16-58-18-19-59-17-15-51-23-30(22-46-51)33-21-34(49-50-40(33)44)32-8-6-7-9-36(32)54/h6-13,21-23,25-26,31,35,39,53-54H,14-20,24H2,1-5H3,(H2,44,50)(H,47,56)(H,48,55). The number of hydrogen-bond acceptors (Lipinski definition) is 13. The number of nitrogens with two attached hydrogens (primary N) is 1. The van der Waals surface area contributed by atoms with Crippen molar-refractivity contribution in [3.8, 4) is 38.6 Å². The summed E-state index contributed by atoms with van der Waals surface area (Å²) >= 11 is 1.57. The highest BCUT2D eigenvalue weighted by Gasteiger charge is 2.44. The minimum absolute atomic E-state index is 0.0138. The molecule has 4 heterocycles. The molecule has 0 bridgehead atoms. The number of nitrogen functional groups attached to an aromatic ring is 1. The van der Waals surface area contributed by atoms with Crippen molar-refractivity contribution in [2.75, 3.05) is 38.7 Å². The summed E-state index contributed by atoms with van der Waals surface area (Å²) in [7, 11) is 0. The van der Waals surface area contributed by atoms with Gasteiger partial charge in [0, 0.05) is 42.3 Å². The van der Waals surface area contributed by atoms with E-state index in [-0.39, 0.29) is 62.0 Å². The molecule has 16 nitrogen and oxygen atoms in total. The van der Waals surface area contributed by atoms with Crippen LogP contribution in [0.25, 0.3) is 32.8 Å². The van der Waals surface area contributed by atoms with Crippen LogP contribution in [0.5, 0.6) is 5.75 Å². The Kier molecular flexibility index (Phi) is 14.3. The van der Waals surface area contributed by atoms with Gasteiger partial charge < -0.3 is 41.0 Å². The fourth-order valence-corrected chi connectivity index (χ4v) is 7.78. The van der Waals surface area contributed by atoms with E-state index >= 15 is 0 Å². The number of anilines is 1. The zero-order valence-corrected chi connectivity index (χ0v) is 35.3. The Labute approximate surface area is 353 Å². The van der Waals surface area contributed by atoms with Gasteiger partial charge in [0.1, 0.15) is 17.8 Å². The van der Waals surface area contributed by atoms with Gasteiger partial charge in [-0.15, -0.1) is 21.5 Å². The summed E-state index contributed by atoms with van der Waals surface area (Å²) in [5, 5.41) is 39.3. The van der Waals surface area contributed by atoms with Gasteiger partial charge >= 0.3 is 0 Å². The molecule has 4 unspecified atom stereocenters. The Morgan fingerprint density at radius 2 is 1.72 bits per heavy atom. The normalized spacial score (nSPS) is 16.4. The maximum atomic E-state index is 14.0. The number of aromatic nitrogens is 5. The topological polar surface area (TPSA) is 220 Å². The molecule has 318 valence electrons. The van der Waals surface area contributed by atoms with Crippen LogP contribution in [0.4, 0.5) is 5.82 Å². The van der Waals surface area contributed by atoms with Crippen LogP contribution in [0.15, 0.2) is 72.5 Å². The number of nitrogens with zero attached hydrogens (tertiary/aromatic N) is 6. The number of hydrogen-bond donors (Lipinski definition) is 5. The zero-order valence-electron chi connectivity index (χ0n) is 34.5. The first-order chi connectivity index (χ1) is 28.7. The summed E-state index contributed by atoms with van der Waals surface area (Å²) in [5.74, 6) is -0.841. The van der Waals surface area contributed by atoms with Crippen LogP contribution in [0.1, 0.15) is 57.8 Å². The Bertz CT molecular complexity index is 2260. The molecule has 3 aromatic heterocycles. The van der Waals surface area contributed by atoms with Crippen LogP contribution in [0.3, 0.4) is 0 Å². The summed E-state index contributed by atoms with van der Waals surface area (Å²) in [4.78, 5) is 47.5. The van der Waals surface area contributed by atoms with E-state index in [1.165, 1.54) is 4.90 Å². The third-order valence-electron chi connectivity index (χ3n) is 10.3. The molecule has 3 amide bonds. The number of nitrogens with one attached hydrogen (secondary N) is 2. The molecular formula is C43H53N9O7S. The van der Waals surface area contributed by atoms with Crippen molar-refractivity contribution in [2.24, 2.45) is 5.41 Å². The van der Waals surface area contributed by atoms with Crippen LogP contribution in [-0.4, -0.2) is 109 Å². The highest BCUT2D eigenvalue weighted by molar-refractivity contribution is 7.13. The molecule has 17 heteroatoms. The third-order valence-corrected chi connectivity index (χ3v) is 11.3. The van der Waals surface area contributed by atoms with Crippen LogP contribution < -0.4 is 16.4 Å². The SMILES string of the molecule is Cc1ncsc1-c1ccc(C(C)NC(=O)C2CC(O)CN2C(=O)C(NC(=O)CCOCCOCCn2cc(-c3cc(-c4ccccc4O)nnc3N)cn2)C(C)(C)C)cc1. The Hall–Kier alpha value is -5.75. The largest absolute Gasteiger partial charge is 0.507 e. The predicted octanol–water partition coefficient (Wildman–Crippen LogP) is 4.52. The van der Waals surface area contributed by atoms with Crippen LogP contribution in [0.2, 0.25) is 0 Å². The first-order valence-corrected chi connectivity index (χ1v) is 20.8. The van der Waals surface area contributed by atoms with Gasteiger partial charge in [0.25, 0.3) is 0 Å². The summed E-state index contributed by atoms with van der Waals surface area (Å²) < 4.78 is 13.1. The number of carbonyl (C=O) groups excluding carboxylic acids is 3. The first-order valence-electron chi connectivity index (χ1n) is 19.9. The van der Waals surface area contributed by atoms with Gasteiger partial charge in [0.05, 0.1) is 73.1 Å². The number of aryl methyl sites for hydroxylation is 1. The molecule has 1 saturated heterocycles. The van der Waals surface area contributed by atoms with Crippen LogP contribution in [0, 0.1) is 12.3 Å². The maximum Gasteiger partial charge on any atom is 0.246 e. The zero-order chi connectivity index (χ0) is 43.0. The van der Waals surface area contributed by atoms with Crippen molar-refractivity contribution in [1.82, 2.24) is 40.5 Å². The number of para-hydroxylation sites is 1. The summed E-state index contributed by atoms with van der Waals surface area (Å²) in [6.07, 6.45) is 2.73. The molecule has 0 radical (unpaired) electrons. The Morgan fingerprint density at radius 3 is 2.42 bits per heavy atom. The molecular weight excluding hydrogens is 787 g/mol. The lowest BCUT2D eigenvalue weighted by atomic mass is 9.85. The van der Waals surface area contributed by atoms with Gasteiger partial charge in [0.2, 0.25) is 17.7 Å². The van der Waals surface area contributed by atoms with Gasteiger partial charge in [-0.3, -0.25) is 19.1 Å². The number of phenols is 1. The number of benzene rings is 2. The lowest BCUT2D eigenvalue weighted by Gasteiger charge is -2.35. The van der Waals surface area contributed by atoms with Gasteiger partial charge in [-0.25, -0.2) is 4.98 Å². The van der Waals surface area contributed by atoms with E-state index in [1.807, 2.05) is 70.6 Å². The fourth-order valence-electron chi connectivity index (χ4n) is 6.97. The maximum absolute atomic E-state index is 14.0. The summed E-state index contributed by atoms with van der Waals surface area (Å²) in [6, 6.07) is 14.4. The quantitative estimate of drug-likeness (QED) is 0.0817. The summed E-state index contributed by atoms with van der Waals surface area (Å²) in [5.41, 5.74) is 12.6. The number of likely N-dealkylation sites (tertiary alicyclic amines) is 1. The highest BCUT2D eigenvalue weighted by Crippen LogP contribution is 2.33. The van der Waals surface area contributed by atoms with Crippen molar-refractivity contribution >= 4 is 34.9 Å². The smallest absolute Gasteiger partial charge is 0.246 e. The second-order valence-electron chi connectivity index (χ2n) is 15.9. The van der Waals surface area contributed by atoms with E-state index in [4.69, 9.17) is 15.2 Å². The third kappa shape index (κ3) is 10.9. The second-order valence-corrected chi connectivity index (χ2v) is 16.7. The van der Waals surface area contributed by atoms with Crippen molar-refractivity contribution in [1.29, 1.82) is 0 Å². The molecule has 5 aromatic rings. The average Bonchev–Trinajstić information content (AvgIpc) is 3.98. The van der Waals surface area contributed by atoms with E-state index < -0.39 is 29.5 Å². The predicted molar refractivity (Wildman–Crippen MR) is 227 cm³/mol. The molecule has 0 aliphatic carbocycles. The summed E-state index contributed by atoms with van der Waals surface area (Å²) in [6.45, 7) is 10.8. The van der Waals surface area contributed by atoms with Crippen molar-refractivity contribution in [2.45, 2.75) is 78.2 Å². The number of thiazole rings is 1. The molecule has 2 aromatic carbocycles. The number of ether oxygens (including phenoxy) is 2. The first kappa shape index (κ1) is 43.8. The molecule has 1 aliphatic rings. The number of aliphatic hydroxyl groups excluding tert-OH is 1. The van der Waals surface area contributed by atoms with E-state index in [0.29, 0.717) is 36.6 Å². The number of rotatable bonds is 17. The molecule has 60 heavy (non-hydrogen) atoms. The monoisotopic (exact) mass is 839 g/mol. The minimum atomic E-state index is -0.942. The van der Waals surface area contributed by atoms with Gasteiger partial charge in [0.15, 0.2) is 5.82 Å². The minimum Gasteiger partial charge on any atom is -0.507 e. The molecule has 1 aliphatic heterocycles. The van der Waals surface area contributed by atoms with Crippen LogP contribution in [-0.2, 0) is 30.4 Å². The highest BCUT2D eigenvalue weighted by atomic mass is 32.1. The number of β-amino-alcohol motifs (C(OH)–C–C–N with tert-alkyl or cyclic N) is 1. The van der Waals surface area contributed by atoms with E-state index in [0.717, 1.165) is 27.3 Å². The van der Waals surface area contributed by atoms with Gasteiger partial charge in [-0.2, -0.15) is 5.10 Å². The molecule has 4 atom stereocenters. The molecule has 6 rings (SSSR count). The Morgan fingerprint density at radius 1 is 0.983 bits per heavy atom. The lowest BCUT2D eigenvalue weighted by Crippen LogP contribution is -2.58. The van der Waals surface area contributed by atoms with Crippen molar-refractivity contribution in [3.63, 3.8) is 0 Å². The van der Waals surface area contributed by atoms with Crippen LogP contribution >= 0.6 is 11.3 Å². The molecule has 0 saturated carbocycles. The number of carbonyl (C=O) groups is 3.